The Bertz CT molecular complexity index is 349. The predicted octanol–water partition coefficient (Wildman–Crippen LogP) is 3.55. The summed E-state index contributed by atoms with van der Waals surface area (Å²) in [4.78, 5) is 8.52. The van der Waals surface area contributed by atoms with Gasteiger partial charge in [-0.1, -0.05) is 44.0 Å². The molecule has 0 aliphatic carbocycles. The van der Waals surface area contributed by atoms with Crippen molar-refractivity contribution in [3.8, 4) is 0 Å². The van der Waals surface area contributed by atoms with E-state index in [0.717, 1.165) is 11.5 Å². The lowest BCUT2D eigenvalue weighted by Gasteiger charge is -2.15. The van der Waals surface area contributed by atoms with E-state index in [1.54, 1.807) is 18.3 Å². The van der Waals surface area contributed by atoms with Crippen molar-refractivity contribution in [2.45, 2.75) is 26.2 Å². The highest BCUT2D eigenvalue weighted by Gasteiger charge is 2.16. The van der Waals surface area contributed by atoms with Gasteiger partial charge in [0.25, 0.3) is 0 Å². The fraction of sp³-hybridized carbons (Fsp3) is 0.400. The van der Waals surface area contributed by atoms with Crippen molar-refractivity contribution in [3.05, 3.63) is 28.3 Å². The SMILES string of the molecule is CC(C)(C)c1nccc(C=C(Cl)Cl)n1. The molecule has 76 valence electrons. The van der Waals surface area contributed by atoms with Crippen LogP contribution in [0.5, 0.6) is 0 Å². The molecule has 0 fully saturated rings. The smallest absolute Gasteiger partial charge is 0.134 e. The Hall–Kier alpha value is -0.600. The molecule has 1 heterocycles. The van der Waals surface area contributed by atoms with Crippen molar-refractivity contribution in [2.75, 3.05) is 0 Å². The van der Waals surface area contributed by atoms with Gasteiger partial charge >= 0.3 is 0 Å². The maximum Gasteiger partial charge on any atom is 0.134 e. The maximum atomic E-state index is 5.55. The van der Waals surface area contributed by atoms with E-state index in [0.29, 0.717) is 0 Å². The molecule has 1 aromatic rings. The van der Waals surface area contributed by atoms with Crippen LogP contribution in [0.25, 0.3) is 6.08 Å². The monoisotopic (exact) mass is 230 g/mol. The molecule has 0 N–H and O–H groups in total. The van der Waals surface area contributed by atoms with Gasteiger partial charge in [-0.2, -0.15) is 0 Å². The second-order valence-corrected chi connectivity index (χ2v) is 5.00. The summed E-state index contributed by atoms with van der Waals surface area (Å²) in [5.41, 5.74) is 0.660. The first kappa shape index (κ1) is 11.5. The van der Waals surface area contributed by atoms with Gasteiger partial charge in [0.05, 0.1) is 5.69 Å². The summed E-state index contributed by atoms with van der Waals surface area (Å²) >= 11 is 11.1. The molecule has 2 nitrogen and oxygen atoms in total. The van der Waals surface area contributed by atoms with Crippen LogP contribution >= 0.6 is 23.2 Å². The van der Waals surface area contributed by atoms with E-state index in [1.807, 2.05) is 0 Å². The average Bonchev–Trinajstić information content (AvgIpc) is 2.01. The lowest BCUT2D eigenvalue weighted by Crippen LogP contribution is -2.16. The normalized spacial score (nSPS) is 11.2. The highest BCUT2D eigenvalue weighted by Crippen LogP contribution is 2.19. The van der Waals surface area contributed by atoms with Gasteiger partial charge in [-0.15, -0.1) is 0 Å². The highest BCUT2D eigenvalue weighted by atomic mass is 35.5. The van der Waals surface area contributed by atoms with Crippen molar-refractivity contribution in [3.63, 3.8) is 0 Å². The minimum absolute atomic E-state index is 0.0668. The molecule has 0 aromatic carbocycles. The third-order valence-electron chi connectivity index (χ3n) is 1.60. The van der Waals surface area contributed by atoms with Crippen molar-refractivity contribution in [1.29, 1.82) is 0 Å². The minimum Gasteiger partial charge on any atom is -0.241 e. The van der Waals surface area contributed by atoms with E-state index in [1.165, 1.54) is 0 Å². The van der Waals surface area contributed by atoms with Crippen LogP contribution in [-0.2, 0) is 5.41 Å². The van der Waals surface area contributed by atoms with Crippen LogP contribution in [0.3, 0.4) is 0 Å². The molecule has 0 aliphatic rings. The van der Waals surface area contributed by atoms with Crippen LogP contribution in [0.4, 0.5) is 0 Å². The number of halogens is 2. The summed E-state index contributed by atoms with van der Waals surface area (Å²) in [5, 5.41) is 0. The fourth-order valence-corrected chi connectivity index (χ4v) is 1.15. The molecule has 0 saturated carbocycles. The lowest BCUT2D eigenvalue weighted by molar-refractivity contribution is 0.544. The number of aromatic nitrogens is 2. The molecule has 0 spiro atoms. The average molecular weight is 231 g/mol. The second-order valence-electron chi connectivity index (χ2n) is 3.99. The van der Waals surface area contributed by atoms with Crippen LogP contribution < -0.4 is 0 Å². The van der Waals surface area contributed by atoms with Gasteiger partial charge in [0.2, 0.25) is 0 Å². The van der Waals surface area contributed by atoms with E-state index in [9.17, 15) is 0 Å². The molecular formula is C10H12Cl2N2. The number of hydrogen-bond acceptors (Lipinski definition) is 2. The quantitative estimate of drug-likeness (QED) is 0.738. The Balaban J connectivity index is 3.08. The fourth-order valence-electron chi connectivity index (χ4n) is 0.926. The van der Waals surface area contributed by atoms with Gasteiger partial charge in [-0.3, -0.25) is 0 Å². The van der Waals surface area contributed by atoms with Crippen molar-refractivity contribution in [1.82, 2.24) is 9.97 Å². The van der Waals surface area contributed by atoms with Crippen LogP contribution in [0.15, 0.2) is 16.8 Å². The largest absolute Gasteiger partial charge is 0.241 e. The first-order valence-corrected chi connectivity index (χ1v) is 5.01. The Morgan fingerprint density at radius 3 is 2.50 bits per heavy atom. The number of nitrogens with zero attached hydrogens (tertiary/aromatic N) is 2. The van der Waals surface area contributed by atoms with Gasteiger partial charge < -0.3 is 0 Å². The van der Waals surface area contributed by atoms with Crippen LogP contribution in [0.2, 0.25) is 0 Å². The molecule has 0 saturated heterocycles. The summed E-state index contributed by atoms with van der Waals surface area (Å²) < 4.78 is 0.198. The summed E-state index contributed by atoms with van der Waals surface area (Å²) in [6.07, 6.45) is 3.30. The van der Waals surface area contributed by atoms with Crippen LogP contribution in [-0.4, -0.2) is 9.97 Å². The Morgan fingerprint density at radius 1 is 1.36 bits per heavy atom. The van der Waals surface area contributed by atoms with Crippen molar-refractivity contribution in [2.24, 2.45) is 0 Å². The highest BCUT2D eigenvalue weighted by molar-refractivity contribution is 6.57. The summed E-state index contributed by atoms with van der Waals surface area (Å²) in [6.45, 7) is 6.16. The van der Waals surface area contributed by atoms with Gasteiger partial charge in [-0.25, -0.2) is 9.97 Å². The standard InChI is InChI=1S/C10H12Cl2N2/c1-10(2,3)9-13-5-4-7(14-9)6-8(11)12/h4-6H,1-3H3. The first-order chi connectivity index (χ1) is 6.39. The zero-order valence-corrected chi connectivity index (χ0v) is 9.89. The second kappa shape index (κ2) is 4.28. The summed E-state index contributed by atoms with van der Waals surface area (Å²) in [5.74, 6) is 0.779. The molecular weight excluding hydrogens is 219 g/mol. The maximum absolute atomic E-state index is 5.55. The van der Waals surface area contributed by atoms with Gasteiger partial charge in [0.1, 0.15) is 10.3 Å². The molecule has 1 rings (SSSR count). The summed E-state index contributed by atoms with van der Waals surface area (Å²) in [7, 11) is 0. The van der Waals surface area contributed by atoms with Gasteiger partial charge in [0, 0.05) is 11.6 Å². The molecule has 4 heteroatoms. The molecule has 14 heavy (non-hydrogen) atoms. The van der Waals surface area contributed by atoms with Crippen LogP contribution in [0.1, 0.15) is 32.3 Å². The Labute approximate surface area is 94.0 Å². The third kappa shape index (κ3) is 3.28. The molecule has 0 radical (unpaired) electrons. The third-order valence-corrected chi connectivity index (χ3v) is 1.82. The zero-order valence-electron chi connectivity index (χ0n) is 8.38. The minimum atomic E-state index is -0.0668. The van der Waals surface area contributed by atoms with E-state index >= 15 is 0 Å². The molecule has 0 amide bonds. The predicted molar refractivity (Wildman–Crippen MR) is 60.4 cm³/mol. The molecule has 0 bridgehead atoms. The number of rotatable bonds is 1. The molecule has 0 aliphatic heterocycles. The molecule has 0 unspecified atom stereocenters. The Morgan fingerprint density at radius 2 is 2.00 bits per heavy atom. The van der Waals surface area contributed by atoms with E-state index in [-0.39, 0.29) is 9.91 Å². The number of hydrogen-bond donors (Lipinski definition) is 0. The first-order valence-electron chi connectivity index (χ1n) is 4.26. The topological polar surface area (TPSA) is 25.8 Å². The van der Waals surface area contributed by atoms with Crippen molar-refractivity contribution < 1.29 is 0 Å². The Kier molecular flexibility index (Phi) is 3.51. The molecule has 0 atom stereocenters. The van der Waals surface area contributed by atoms with E-state index < -0.39 is 0 Å². The van der Waals surface area contributed by atoms with Crippen molar-refractivity contribution >= 4 is 29.3 Å². The van der Waals surface area contributed by atoms with E-state index in [4.69, 9.17) is 23.2 Å². The lowest BCUT2D eigenvalue weighted by atomic mass is 9.96. The zero-order chi connectivity index (χ0) is 10.8. The van der Waals surface area contributed by atoms with E-state index in [2.05, 4.69) is 30.7 Å². The van der Waals surface area contributed by atoms with Gasteiger partial charge in [-0.05, 0) is 12.1 Å². The summed E-state index contributed by atoms with van der Waals surface area (Å²) in [6, 6.07) is 1.76. The van der Waals surface area contributed by atoms with Crippen LogP contribution in [0, 0.1) is 0 Å². The van der Waals surface area contributed by atoms with Gasteiger partial charge in [0.15, 0.2) is 0 Å². The molecule has 1 aromatic heterocycles.